The Hall–Kier alpha value is -4.51. The Morgan fingerprint density at radius 3 is 2.42 bits per heavy atom. The summed E-state index contributed by atoms with van der Waals surface area (Å²) in [6, 6.07) is 12.3. The monoisotopic (exact) mass is 518 g/mol. The van der Waals surface area contributed by atoms with Crippen LogP contribution < -0.4 is 11.3 Å². The zero-order valence-electron chi connectivity index (χ0n) is 19.9. The fourth-order valence-corrected chi connectivity index (χ4v) is 4.70. The van der Waals surface area contributed by atoms with E-state index in [0.29, 0.717) is 42.0 Å². The van der Waals surface area contributed by atoms with Crippen LogP contribution in [0, 0.1) is 17.5 Å². The molecule has 0 spiro atoms. The Kier molecular flexibility index (Phi) is 5.91. The van der Waals surface area contributed by atoms with Crippen LogP contribution in [0.4, 0.5) is 19.1 Å². The number of benzene rings is 2. The normalized spacial score (nSPS) is 15.4. The van der Waals surface area contributed by atoms with Gasteiger partial charge in [-0.1, -0.05) is 6.07 Å². The molecule has 1 atom stereocenters. The lowest BCUT2D eigenvalue weighted by molar-refractivity contribution is 0.186. The summed E-state index contributed by atoms with van der Waals surface area (Å²) in [5.74, 6) is -1.75. The second-order valence-electron chi connectivity index (χ2n) is 9.02. The molecule has 1 fully saturated rings. The Morgan fingerprint density at radius 1 is 0.974 bits per heavy atom. The van der Waals surface area contributed by atoms with Crippen molar-refractivity contribution in [2.45, 2.75) is 18.9 Å². The molecule has 192 valence electrons. The zero-order valence-corrected chi connectivity index (χ0v) is 19.9. The first-order valence-corrected chi connectivity index (χ1v) is 11.9. The number of nitrogen functional groups attached to an aromatic ring is 1. The predicted molar refractivity (Wildman–Crippen MR) is 134 cm³/mol. The van der Waals surface area contributed by atoms with Crippen LogP contribution in [0.25, 0.3) is 28.0 Å². The van der Waals surface area contributed by atoms with E-state index in [1.165, 1.54) is 28.8 Å². The summed E-state index contributed by atoms with van der Waals surface area (Å²) < 4.78 is 50.8. The molecule has 6 rings (SSSR count). The highest BCUT2D eigenvalue weighted by Gasteiger charge is 2.24. The highest BCUT2D eigenvalue weighted by atomic mass is 19.1. The minimum absolute atomic E-state index is 0.0201. The molecule has 2 N–H and O–H groups in total. The second kappa shape index (κ2) is 9.42. The number of nitrogens with two attached hydrogens (primary N) is 1. The van der Waals surface area contributed by atoms with Gasteiger partial charge in [-0.3, -0.25) is 4.79 Å². The van der Waals surface area contributed by atoms with Crippen molar-refractivity contribution < 1.29 is 17.9 Å². The zero-order chi connectivity index (χ0) is 26.4. The molecular formula is C27H21F3N6O2. The van der Waals surface area contributed by atoms with Crippen molar-refractivity contribution >= 4 is 11.6 Å². The van der Waals surface area contributed by atoms with Crippen molar-refractivity contribution in [2.75, 3.05) is 18.9 Å². The summed E-state index contributed by atoms with van der Waals surface area (Å²) in [6.07, 6.45) is 2.17. The molecule has 8 nitrogen and oxygen atoms in total. The van der Waals surface area contributed by atoms with Crippen LogP contribution in [0.1, 0.15) is 23.9 Å². The first kappa shape index (κ1) is 23.9. The average molecular weight is 518 g/mol. The van der Waals surface area contributed by atoms with Gasteiger partial charge in [0, 0.05) is 42.0 Å². The molecule has 3 aromatic heterocycles. The van der Waals surface area contributed by atoms with Crippen LogP contribution in [-0.2, 0) is 11.2 Å². The van der Waals surface area contributed by atoms with Crippen molar-refractivity contribution in [1.29, 1.82) is 0 Å². The lowest BCUT2D eigenvalue weighted by Crippen LogP contribution is -2.24. The summed E-state index contributed by atoms with van der Waals surface area (Å²) >= 11 is 0. The smallest absolute Gasteiger partial charge is 0.250 e. The number of hydrogen-bond acceptors (Lipinski definition) is 6. The van der Waals surface area contributed by atoms with Gasteiger partial charge in [-0.25, -0.2) is 23.1 Å². The number of rotatable bonds is 5. The molecule has 4 heterocycles. The summed E-state index contributed by atoms with van der Waals surface area (Å²) in [7, 11) is 0. The maximum Gasteiger partial charge on any atom is 0.250 e. The van der Waals surface area contributed by atoms with Gasteiger partial charge in [0.05, 0.1) is 23.9 Å². The van der Waals surface area contributed by atoms with Crippen LogP contribution in [-0.4, -0.2) is 37.4 Å². The number of aromatic nitrogens is 5. The fraction of sp³-hybridized carbons (Fsp3) is 0.185. The molecule has 2 aromatic carbocycles. The molecule has 0 saturated carbocycles. The molecule has 0 bridgehead atoms. The van der Waals surface area contributed by atoms with Crippen LogP contribution in [0.2, 0.25) is 0 Å². The number of ether oxygens (including phenoxy) is 1. The number of anilines is 1. The Balaban J connectivity index is 1.58. The lowest BCUT2D eigenvalue weighted by atomic mass is 10.0. The minimum atomic E-state index is -0.715. The van der Waals surface area contributed by atoms with Gasteiger partial charge in [0.1, 0.15) is 17.5 Å². The van der Waals surface area contributed by atoms with Crippen molar-refractivity contribution in [3.63, 3.8) is 0 Å². The quantitative estimate of drug-likeness (QED) is 0.375. The molecule has 0 amide bonds. The third kappa shape index (κ3) is 4.20. The van der Waals surface area contributed by atoms with Gasteiger partial charge in [-0.15, -0.1) is 5.10 Å². The minimum Gasteiger partial charge on any atom is -0.379 e. The van der Waals surface area contributed by atoms with E-state index in [9.17, 15) is 18.0 Å². The summed E-state index contributed by atoms with van der Waals surface area (Å²) in [5.41, 5.74) is 8.17. The Labute approximate surface area is 214 Å². The van der Waals surface area contributed by atoms with E-state index in [1.54, 1.807) is 29.0 Å². The van der Waals surface area contributed by atoms with E-state index >= 15 is 0 Å². The van der Waals surface area contributed by atoms with Crippen LogP contribution in [0.5, 0.6) is 0 Å². The molecule has 1 unspecified atom stereocenters. The Bertz CT molecular complexity index is 1710. The van der Waals surface area contributed by atoms with Gasteiger partial charge < -0.3 is 15.0 Å². The van der Waals surface area contributed by atoms with Crippen LogP contribution >= 0.6 is 0 Å². The van der Waals surface area contributed by atoms with E-state index in [4.69, 9.17) is 10.5 Å². The number of pyridine rings is 1. The number of fused-ring (bicyclic) bond motifs is 1. The summed E-state index contributed by atoms with van der Waals surface area (Å²) in [6.45, 7) is 0.961. The molecule has 1 saturated heterocycles. The van der Waals surface area contributed by atoms with Crippen LogP contribution in [0.3, 0.4) is 0 Å². The number of hydrogen-bond donors (Lipinski definition) is 1. The maximum atomic E-state index is 14.4. The van der Waals surface area contributed by atoms with Crippen molar-refractivity contribution in [3.8, 4) is 22.4 Å². The third-order valence-electron chi connectivity index (χ3n) is 6.59. The highest BCUT2D eigenvalue weighted by molar-refractivity contribution is 5.90. The largest absolute Gasteiger partial charge is 0.379 e. The van der Waals surface area contributed by atoms with Gasteiger partial charge in [-0.2, -0.15) is 4.52 Å². The standard InChI is InChI=1S/C27H21F3N6O2/c28-17-7-4-15(5-8-17)25-24(16-6-9-23(37)35(13-16)18-10-11-38-14-18)26-32-22(34-36(26)27(31)33-25)12-19-20(29)2-1-3-21(19)30/h1-9,13,18H,10-12,14H2,(H2,31,33). The van der Waals surface area contributed by atoms with Gasteiger partial charge in [-0.05, 0) is 48.9 Å². The molecule has 1 aliphatic heterocycles. The molecule has 0 radical (unpaired) electrons. The van der Waals surface area contributed by atoms with Crippen molar-refractivity contribution in [1.82, 2.24) is 24.1 Å². The van der Waals surface area contributed by atoms with Crippen LogP contribution in [0.15, 0.2) is 65.6 Å². The SMILES string of the molecule is Nc1nc(-c2ccc(F)cc2)c(-c2ccc(=O)n(C3CCOC3)c2)c2nc(Cc3c(F)cccc3F)nn12. The molecule has 11 heteroatoms. The van der Waals surface area contributed by atoms with Crippen molar-refractivity contribution in [3.05, 3.63) is 100.0 Å². The van der Waals surface area contributed by atoms with E-state index in [2.05, 4.69) is 15.1 Å². The van der Waals surface area contributed by atoms with E-state index in [-0.39, 0.29) is 41.0 Å². The lowest BCUT2D eigenvalue weighted by Gasteiger charge is -2.16. The fourth-order valence-electron chi connectivity index (χ4n) is 4.70. The average Bonchev–Trinajstić information content (AvgIpc) is 3.58. The van der Waals surface area contributed by atoms with Gasteiger partial charge in [0.2, 0.25) is 5.95 Å². The topological polar surface area (TPSA) is 100 Å². The first-order chi connectivity index (χ1) is 18.4. The summed E-state index contributed by atoms with van der Waals surface area (Å²) in [5, 5.41) is 4.38. The van der Waals surface area contributed by atoms with E-state index in [0.717, 1.165) is 12.1 Å². The molecule has 1 aliphatic rings. The Morgan fingerprint density at radius 2 is 1.71 bits per heavy atom. The summed E-state index contributed by atoms with van der Waals surface area (Å²) in [4.78, 5) is 21.8. The van der Waals surface area contributed by atoms with Gasteiger partial charge in [0.25, 0.3) is 5.56 Å². The number of nitrogens with zero attached hydrogens (tertiary/aromatic N) is 5. The van der Waals surface area contributed by atoms with Gasteiger partial charge >= 0.3 is 0 Å². The van der Waals surface area contributed by atoms with E-state index in [1.807, 2.05) is 0 Å². The highest BCUT2D eigenvalue weighted by Crippen LogP contribution is 2.35. The van der Waals surface area contributed by atoms with Crippen molar-refractivity contribution in [2.24, 2.45) is 0 Å². The second-order valence-corrected chi connectivity index (χ2v) is 9.02. The predicted octanol–water partition coefficient (Wildman–Crippen LogP) is 4.17. The first-order valence-electron chi connectivity index (χ1n) is 11.9. The molecule has 5 aromatic rings. The van der Waals surface area contributed by atoms with Gasteiger partial charge in [0.15, 0.2) is 11.5 Å². The molecule has 38 heavy (non-hydrogen) atoms. The maximum absolute atomic E-state index is 14.4. The van der Waals surface area contributed by atoms with E-state index < -0.39 is 17.5 Å². The molecular weight excluding hydrogens is 497 g/mol. The number of halogens is 3. The molecule has 0 aliphatic carbocycles. The third-order valence-corrected chi connectivity index (χ3v) is 6.59.